The van der Waals surface area contributed by atoms with Crippen molar-refractivity contribution in [2.45, 2.75) is 13.3 Å². The van der Waals surface area contributed by atoms with Crippen molar-refractivity contribution in [3.8, 4) is 5.82 Å². The quantitative estimate of drug-likeness (QED) is 0.907. The van der Waals surface area contributed by atoms with E-state index in [-0.39, 0.29) is 0 Å². The van der Waals surface area contributed by atoms with Gasteiger partial charge in [0.05, 0.1) is 17.6 Å². The van der Waals surface area contributed by atoms with E-state index in [0.29, 0.717) is 5.69 Å². The first-order valence-electron chi connectivity index (χ1n) is 4.66. The molecule has 0 atom stereocenters. The summed E-state index contributed by atoms with van der Waals surface area (Å²) < 4.78 is 2.71. The highest BCUT2D eigenvalue weighted by molar-refractivity contribution is 9.10. The van der Waals surface area contributed by atoms with E-state index in [1.165, 1.54) is 0 Å². The monoisotopic (exact) mass is 266 g/mol. The maximum absolute atomic E-state index is 5.80. The molecular formula is C10H11BrN4. The number of nitrogens with two attached hydrogens (primary N) is 1. The second-order valence-electron chi connectivity index (χ2n) is 3.15. The fraction of sp³-hybridized carbons (Fsp3) is 0.200. The van der Waals surface area contributed by atoms with E-state index in [9.17, 15) is 0 Å². The first-order valence-corrected chi connectivity index (χ1v) is 5.46. The van der Waals surface area contributed by atoms with Crippen molar-refractivity contribution in [1.29, 1.82) is 0 Å². The molecule has 0 unspecified atom stereocenters. The Labute approximate surface area is 96.3 Å². The van der Waals surface area contributed by atoms with Crippen LogP contribution >= 0.6 is 15.9 Å². The van der Waals surface area contributed by atoms with Crippen LogP contribution in [0.2, 0.25) is 0 Å². The van der Waals surface area contributed by atoms with Crippen LogP contribution < -0.4 is 5.73 Å². The fourth-order valence-electron chi connectivity index (χ4n) is 1.43. The van der Waals surface area contributed by atoms with Gasteiger partial charge in [-0.2, -0.15) is 5.10 Å². The summed E-state index contributed by atoms with van der Waals surface area (Å²) in [5.74, 6) is 0.784. The smallest absolute Gasteiger partial charge is 0.153 e. The van der Waals surface area contributed by atoms with Crippen molar-refractivity contribution in [2.75, 3.05) is 5.73 Å². The Balaban J connectivity index is 2.49. The minimum atomic E-state index is 0.710. The Bertz CT molecular complexity index is 461. The highest BCUT2D eigenvalue weighted by atomic mass is 79.9. The van der Waals surface area contributed by atoms with Crippen LogP contribution in [0.15, 0.2) is 29.0 Å². The number of nitrogen functional groups attached to an aromatic ring is 1. The van der Waals surface area contributed by atoms with Crippen LogP contribution in [0.3, 0.4) is 0 Å². The minimum absolute atomic E-state index is 0.710. The van der Waals surface area contributed by atoms with Gasteiger partial charge < -0.3 is 5.73 Å². The maximum atomic E-state index is 5.80. The first kappa shape index (κ1) is 10.2. The Morgan fingerprint density at radius 2 is 2.20 bits per heavy atom. The van der Waals surface area contributed by atoms with Gasteiger partial charge in [-0.1, -0.05) is 6.92 Å². The van der Waals surface area contributed by atoms with Gasteiger partial charge in [0.25, 0.3) is 0 Å². The van der Waals surface area contributed by atoms with Crippen molar-refractivity contribution in [3.05, 3.63) is 34.7 Å². The summed E-state index contributed by atoms with van der Waals surface area (Å²) in [5, 5.41) is 4.20. The SMILES string of the molecule is CCc1c(N)cnn1-c1ccc(Br)cn1. The average molecular weight is 267 g/mol. The lowest BCUT2D eigenvalue weighted by Crippen LogP contribution is -2.04. The van der Waals surface area contributed by atoms with Crippen molar-refractivity contribution in [3.63, 3.8) is 0 Å². The number of hydrogen-bond acceptors (Lipinski definition) is 3. The van der Waals surface area contributed by atoms with Crippen molar-refractivity contribution in [1.82, 2.24) is 14.8 Å². The van der Waals surface area contributed by atoms with Crippen molar-refractivity contribution >= 4 is 21.6 Å². The van der Waals surface area contributed by atoms with Crippen LogP contribution in [0.1, 0.15) is 12.6 Å². The van der Waals surface area contributed by atoms with E-state index >= 15 is 0 Å². The van der Waals surface area contributed by atoms with Gasteiger partial charge in [-0.25, -0.2) is 9.67 Å². The van der Waals surface area contributed by atoms with Crippen LogP contribution in [0.5, 0.6) is 0 Å². The summed E-state index contributed by atoms with van der Waals surface area (Å²) in [6, 6.07) is 3.83. The zero-order valence-electron chi connectivity index (χ0n) is 8.31. The highest BCUT2D eigenvalue weighted by Crippen LogP contribution is 2.16. The molecule has 0 saturated carbocycles. The summed E-state index contributed by atoms with van der Waals surface area (Å²) in [6.45, 7) is 2.04. The molecule has 0 aromatic carbocycles. The summed E-state index contributed by atoms with van der Waals surface area (Å²) >= 11 is 3.34. The molecule has 15 heavy (non-hydrogen) atoms. The second-order valence-corrected chi connectivity index (χ2v) is 4.06. The third kappa shape index (κ3) is 1.87. The Kier molecular flexibility index (Phi) is 2.73. The molecule has 0 aliphatic carbocycles. The number of rotatable bonds is 2. The minimum Gasteiger partial charge on any atom is -0.396 e. The van der Waals surface area contributed by atoms with Gasteiger partial charge in [-0.05, 0) is 34.5 Å². The largest absolute Gasteiger partial charge is 0.396 e. The molecule has 0 radical (unpaired) electrons. The van der Waals surface area contributed by atoms with E-state index in [2.05, 4.69) is 26.0 Å². The van der Waals surface area contributed by atoms with Gasteiger partial charge in [-0.15, -0.1) is 0 Å². The fourth-order valence-corrected chi connectivity index (χ4v) is 1.67. The number of aromatic nitrogens is 3. The molecular weight excluding hydrogens is 256 g/mol. The lowest BCUT2D eigenvalue weighted by molar-refractivity contribution is 0.790. The molecule has 0 amide bonds. The summed E-state index contributed by atoms with van der Waals surface area (Å²) in [6.07, 6.45) is 4.23. The van der Waals surface area contributed by atoms with Gasteiger partial charge in [0.1, 0.15) is 0 Å². The van der Waals surface area contributed by atoms with E-state index in [1.807, 2.05) is 19.1 Å². The molecule has 0 saturated heterocycles. The molecule has 5 heteroatoms. The predicted molar refractivity (Wildman–Crippen MR) is 62.8 cm³/mol. The topological polar surface area (TPSA) is 56.7 Å². The van der Waals surface area contributed by atoms with Crippen LogP contribution in [0.4, 0.5) is 5.69 Å². The normalized spacial score (nSPS) is 10.5. The molecule has 0 aliphatic heterocycles. The standard InChI is InChI=1S/C10H11BrN4/c1-2-9-8(12)6-14-15(9)10-4-3-7(11)5-13-10/h3-6H,2,12H2,1H3. The Morgan fingerprint density at radius 1 is 1.40 bits per heavy atom. The zero-order valence-corrected chi connectivity index (χ0v) is 9.90. The molecule has 0 bridgehead atoms. The lowest BCUT2D eigenvalue weighted by atomic mass is 10.3. The van der Waals surface area contributed by atoms with E-state index in [0.717, 1.165) is 22.4 Å². The second kappa shape index (κ2) is 4.02. The molecule has 2 aromatic heterocycles. The third-order valence-corrected chi connectivity index (χ3v) is 2.63. The predicted octanol–water partition coefficient (Wildman–Crippen LogP) is 2.17. The molecule has 4 nitrogen and oxygen atoms in total. The van der Waals surface area contributed by atoms with Crippen LogP contribution in [-0.2, 0) is 6.42 Å². The molecule has 78 valence electrons. The van der Waals surface area contributed by atoms with Gasteiger partial charge in [0.15, 0.2) is 5.82 Å². The highest BCUT2D eigenvalue weighted by Gasteiger charge is 2.08. The number of anilines is 1. The number of hydrogen-bond donors (Lipinski definition) is 1. The molecule has 2 aromatic rings. The molecule has 2 heterocycles. The average Bonchev–Trinajstić information content (AvgIpc) is 2.61. The van der Waals surface area contributed by atoms with E-state index in [1.54, 1.807) is 17.1 Å². The first-order chi connectivity index (χ1) is 7.22. The number of nitrogens with zero attached hydrogens (tertiary/aromatic N) is 3. The molecule has 2 rings (SSSR count). The Morgan fingerprint density at radius 3 is 2.80 bits per heavy atom. The van der Waals surface area contributed by atoms with Gasteiger partial charge in [0.2, 0.25) is 0 Å². The zero-order chi connectivity index (χ0) is 10.8. The lowest BCUT2D eigenvalue weighted by Gasteiger charge is -2.04. The van der Waals surface area contributed by atoms with Crippen molar-refractivity contribution < 1.29 is 0 Å². The third-order valence-electron chi connectivity index (χ3n) is 2.16. The number of pyridine rings is 1. The van der Waals surface area contributed by atoms with E-state index in [4.69, 9.17) is 5.73 Å². The summed E-state index contributed by atoms with van der Waals surface area (Å²) in [4.78, 5) is 4.27. The molecule has 0 fully saturated rings. The maximum Gasteiger partial charge on any atom is 0.153 e. The molecule has 0 aliphatic rings. The van der Waals surface area contributed by atoms with Crippen LogP contribution in [0, 0.1) is 0 Å². The van der Waals surface area contributed by atoms with Crippen LogP contribution in [-0.4, -0.2) is 14.8 Å². The van der Waals surface area contributed by atoms with E-state index < -0.39 is 0 Å². The Hall–Kier alpha value is -1.36. The summed E-state index contributed by atoms with van der Waals surface area (Å²) in [5.41, 5.74) is 7.50. The van der Waals surface area contributed by atoms with Gasteiger partial charge in [-0.3, -0.25) is 0 Å². The van der Waals surface area contributed by atoms with Crippen molar-refractivity contribution in [2.24, 2.45) is 0 Å². The molecule has 0 spiro atoms. The van der Waals surface area contributed by atoms with Gasteiger partial charge >= 0.3 is 0 Å². The summed E-state index contributed by atoms with van der Waals surface area (Å²) in [7, 11) is 0. The van der Waals surface area contributed by atoms with Crippen LogP contribution in [0.25, 0.3) is 5.82 Å². The van der Waals surface area contributed by atoms with Gasteiger partial charge in [0, 0.05) is 10.7 Å². The number of halogens is 1. The molecule has 2 N–H and O–H groups in total.